The topological polar surface area (TPSA) is 237 Å². The molecule has 0 aromatic heterocycles. The van der Waals surface area contributed by atoms with Gasteiger partial charge in [0.2, 0.25) is 0 Å². The lowest BCUT2D eigenvalue weighted by Crippen LogP contribution is -2.30. The van der Waals surface area contributed by atoms with Crippen LogP contribution in [0.1, 0.15) is 350 Å². The number of ether oxygens (including phenoxy) is 4. The molecule has 3 unspecified atom stereocenters. The molecule has 0 aromatic carbocycles. The van der Waals surface area contributed by atoms with Crippen LogP contribution in [0.2, 0.25) is 0 Å². The fourth-order valence-electron chi connectivity index (χ4n) is 10.5. The van der Waals surface area contributed by atoms with E-state index in [0.717, 1.165) is 115 Å². The van der Waals surface area contributed by atoms with Crippen molar-refractivity contribution in [2.75, 3.05) is 39.6 Å². The molecule has 0 amide bonds. The van der Waals surface area contributed by atoms with Crippen molar-refractivity contribution in [1.29, 1.82) is 0 Å². The molecule has 0 aliphatic heterocycles. The van der Waals surface area contributed by atoms with Crippen LogP contribution in [0, 0.1) is 11.8 Å². The van der Waals surface area contributed by atoms with E-state index < -0.39 is 97.5 Å². The minimum atomic E-state index is -4.96. The third kappa shape index (κ3) is 64.9. The third-order valence-electron chi connectivity index (χ3n) is 16.7. The molecule has 17 nitrogen and oxygen atoms in total. The van der Waals surface area contributed by atoms with Crippen molar-refractivity contribution >= 4 is 39.5 Å². The Morgan fingerprint density at radius 2 is 0.641 bits per heavy atom. The average molecular weight is 1350 g/mol. The predicted molar refractivity (Wildman–Crippen MR) is 372 cm³/mol. The number of hydrogen-bond acceptors (Lipinski definition) is 15. The van der Waals surface area contributed by atoms with Gasteiger partial charge < -0.3 is 33.8 Å². The van der Waals surface area contributed by atoms with E-state index in [1.165, 1.54) is 148 Å². The van der Waals surface area contributed by atoms with Gasteiger partial charge in [0, 0.05) is 25.7 Å². The minimum absolute atomic E-state index is 0.0847. The van der Waals surface area contributed by atoms with Gasteiger partial charge in [0.25, 0.3) is 0 Å². The van der Waals surface area contributed by atoms with Crippen LogP contribution in [0.15, 0.2) is 24.3 Å². The molecule has 3 N–H and O–H groups in total. The van der Waals surface area contributed by atoms with E-state index in [-0.39, 0.29) is 25.7 Å². The van der Waals surface area contributed by atoms with E-state index in [2.05, 4.69) is 65.8 Å². The Bertz CT molecular complexity index is 1880. The number of allylic oxidation sites excluding steroid dienone is 4. The van der Waals surface area contributed by atoms with Crippen LogP contribution in [0.5, 0.6) is 0 Å². The Morgan fingerprint density at radius 3 is 0.978 bits per heavy atom. The largest absolute Gasteiger partial charge is 0.472 e. The molecule has 6 atom stereocenters. The van der Waals surface area contributed by atoms with Crippen molar-refractivity contribution < 1.29 is 80.2 Å². The first-order valence-electron chi connectivity index (χ1n) is 37.3. The molecule has 0 heterocycles. The van der Waals surface area contributed by atoms with Crippen LogP contribution in [0.4, 0.5) is 0 Å². The number of phosphoric acid groups is 2. The van der Waals surface area contributed by atoms with Gasteiger partial charge in [0.05, 0.1) is 26.4 Å². The molecule has 0 rings (SSSR count). The molecular formula is C73H138O17P2. The van der Waals surface area contributed by atoms with Gasteiger partial charge in [-0.1, -0.05) is 297 Å². The second-order valence-electron chi connectivity index (χ2n) is 26.4. The Labute approximate surface area is 561 Å². The highest BCUT2D eigenvalue weighted by atomic mass is 31.2. The Kier molecular flexibility index (Phi) is 62.8. The molecule has 542 valence electrons. The third-order valence-corrected chi connectivity index (χ3v) is 18.6. The lowest BCUT2D eigenvalue weighted by Gasteiger charge is -2.21. The molecule has 0 saturated carbocycles. The summed E-state index contributed by atoms with van der Waals surface area (Å²) in [5.41, 5.74) is 0. The number of unbranched alkanes of at least 4 members (excludes halogenated alkanes) is 36. The summed E-state index contributed by atoms with van der Waals surface area (Å²) in [6.07, 6.45) is 53.5. The molecule has 92 heavy (non-hydrogen) atoms. The number of esters is 4. The van der Waals surface area contributed by atoms with E-state index in [0.29, 0.717) is 31.6 Å². The smallest absolute Gasteiger partial charge is 0.462 e. The summed E-state index contributed by atoms with van der Waals surface area (Å²) in [5.74, 6) is -0.667. The molecular weight excluding hydrogens is 1210 g/mol. The van der Waals surface area contributed by atoms with Crippen LogP contribution in [-0.4, -0.2) is 96.7 Å². The Balaban J connectivity index is 5.29. The summed E-state index contributed by atoms with van der Waals surface area (Å²) >= 11 is 0. The van der Waals surface area contributed by atoms with Crippen molar-refractivity contribution in [3.8, 4) is 0 Å². The van der Waals surface area contributed by atoms with Gasteiger partial charge in [-0.15, -0.1) is 0 Å². The molecule has 0 radical (unpaired) electrons. The zero-order chi connectivity index (χ0) is 67.9. The number of aliphatic hydroxyl groups excluding tert-OH is 1. The number of carbonyl (C=O) groups excluding carboxylic acids is 4. The highest BCUT2D eigenvalue weighted by Gasteiger charge is 2.30. The number of rotatable bonds is 70. The number of hydrogen-bond donors (Lipinski definition) is 3. The van der Waals surface area contributed by atoms with E-state index in [4.69, 9.17) is 37.0 Å². The summed E-state index contributed by atoms with van der Waals surface area (Å²) in [4.78, 5) is 72.6. The van der Waals surface area contributed by atoms with Crippen LogP contribution >= 0.6 is 15.6 Å². The summed E-state index contributed by atoms with van der Waals surface area (Å²) in [7, 11) is -9.92. The lowest BCUT2D eigenvalue weighted by molar-refractivity contribution is -0.161. The van der Waals surface area contributed by atoms with E-state index in [1.807, 2.05) is 0 Å². The van der Waals surface area contributed by atoms with E-state index >= 15 is 0 Å². The SMILES string of the molecule is CCCCCC/C=C\C=C/CCCCCCCC(=O)O[C@H](COC(=O)CCCCCCCCCCCCC(C)CC)COP(=O)(O)OC[C@@H](O)COP(=O)(O)OC[C@@H](COC(=O)CCCCCCCCC(C)C)OC(=O)CCCCCCCCCCCCCCCC. The van der Waals surface area contributed by atoms with Gasteiger partial charge in [0.1, 0.15) is 19.3 Å². The zero-order valence-corrected chi connectivity index (χ0v) is 61.1. The average Bonchev–Trinajstić information content (AvgIpc) is 3.65. The first-order valence-corrected chi connectivity index (χ1v) is 40.3. The summed E-state index contributed by atoms with van der Waals surface area (Å²) in [5, 5.41) is 10.6. The fourth-order valence-corrected chi connectivity index (χ4v) is 12.1. The Hall–Kier alpha value is -2.46. The van der Waals surface area contributed by atoms with Gasteiger partial charge in [0.15, 0.2) is 12.2 Å². The zero-order valence-electron chi connectivity index (χ0n) is 59.3. The quantitative estimate of drug-likeness (QED) is 0.0169. The molecule has 0 aliphatic rings. The number of carbonyl (C=O) groups is 4. The van der Waals surface area contributed by atoms with E-state index in [9.17, 15) is 43.2 Å². The maximum atomic E-state index is 13.0. The van der Waals surface area contributed by atoms with Crippen molar-refractivity contribution in [3.63, 3.8) is 0 Å². The van der Waals surface area contributed by atoms with Crippen LogP contribution in [-0.2, 0) is 65.4 Å². The fraction of sp³-hybridized carbons (Fsp3) is 0.890. The van der Waals surface area contributed by atoms with Gasteiger partial charge in [-0.25, -0.2) is 9.13 Å². The minimum Gasteiger partial charge on any atom is -0.462 e. The lowest BCUT2D eigenvalue weighted by atomic mass is 9.99. The van der Waals surface area contributed by atoms with E-state index in [1.54, 1.807) is 0 Å². The maximum Gasteiger partial charge on any atom is 0.472 e. The van der Waals surface area contributed by atoms with Gasteiger partial charge in [-0.2, -0.15) is 0 Å². The maximum absolute atomic E-state index is 13.0. The standard InChI is InChI=1S/C73H138O17P2/c1-7-10-12-14-16-18-20-22-24-26-28-34-38-46-52-58-72(77)89-68(61-83-70(75)55-49-43-36-32-30-29-31-35-42-48-54-66(6)9-3)63-87-91(79,80)85-59-67(74)60-86-92(81,82)88-64-69(62-84-71(76)56-50-44-40-39-41-47-53-65(4)5)90-73(78)57-51-45-37-33-27-25-23-21-19-17-15-13-11-8-2/h18,20,22,24,65-69,74H,7-17,19,21,23,25-64H2,1-6H3,(H,79,80)(H,81,82)/b20-18-,24-22-/t66?,67-,68-,69-/m1/s1. The monoisotopic (exact) mass is 1350 g/mol. The summed E-state index contributed by atoms with van der Waals surface area (Å²) < 4.78 is 68.3. The molecule has 0 fully saturated rings. The molecule has 0 spiro atoms. The van der Waals surface area contributed by atoms with Gasteiger partial charge >= 0.3 is 39.5 Å². The van der Waals surface area contributed by atoms with Crippen molar-refractivity contribution in [2.24, 2.45) is 11.8 Å². The molecule has 0 saturated heterocycles. The first kappa shape index (κ1) is 89.5. The normalized spacial score (nSPS) is 14.5. The Morgan fingerprint density at radius 1 is 0.359 bits per heavy atom. The van der Waals surface area contributed by atoms with Crippen LogP contribution in [0.25, 0.3) is 0 Å². The van der Waals surface area contributed by atoms with Gasteiger partial charge in [-0.3, -0.25) is 37.3 Å². The van der Waals surface area contributed by atoms with Crippen molar-refractivity contribution in [1.82, 2.24) is 0 Å². The van der Waals surface area contributed by atoms with Crippen LogP contribution in [0.3, 0.4) is 0 Å². The molecule has 0 aromatic rings. The summed E-state index contributed by atoms with van der Waals surface area (Å²) in [6.45, 7) is 9.45. The highest BCUT2D eigenvalue weighted by molar-refractivity contribution is 7.47. The second kappa shape index (κ2) is 64.5. The van der Waals surface area contributed by atoms with Crippen molar-refractivity contribution in [3.05, 3.63) is 24.3 Å². The predicted octanol–water partition coefficient (Wildman–Crippen LogP) is 20.7. The number of phosphoric ester groups is 2. The molecule has 19 heteroatoms. The molecule has 0 aliphatic carbocycles. The summed E-state index contributed by atoms with van der Waals surface area (Å²) in [6, 6.07) is 0. The first-order chi connectivity index (χ1) is 44.4. The van der Waals surface area contributed by atoms with Crippen LogP contribution < -0.4 is 0 Å². The highest BCUT2D eigenvalue weighted by Crippen LogP contribution is 2.45. The van der Waals surface area contributed by atoms with Crippen molar-refractivity contribution in [2.45, 2.75) is 368 Å². The molecule has 0 bridgehead atoms. The van der Waals surface area contributed by atoms with Gasteiger partial charge in [-0.05, 0) is 63.2 Å². The number of aliphatic hydroxyl groups is 1. The second-order valence-corrected chi connectivity index (χ2v) is 29.3.